The number of anilines is 1. The van der Waals surface area contributed by atoms with E-state index in [1.54, 1.807) is 7.05 Å². The Balaban J connectivity index is 0.00000320. The molecule has 1 aromatic rings. The predicted octanol–water partition coefficient (Wildman–Crippen LogP) is 1.66. The van der Waals surface area contributed by atoms with Crippen LogP contribution in [-0.2, 0) is 16.1 Å². The lowest BCUT2D eigenvalue weighted by atomic mass is 9.99. The summed E-state index contributed by atoms with van der Waals surface area (Å²) in [6.45, 7) is 11.7. The SMILES string of the molecule is CCN1CCN(c2ccc(CNC(=NC)N3CC(C)C(C(=O)OC)C3)cn2)CC1.I. The Morgan fingerprint density at radius 3 is 2.57 bits per heavy atom. The highest BCUT2D eigenvalue weighted by atomic mass is 127. The molecule has 3 heterocycles. The number of aliphatic imine (C=N–C) groups is 1. The van der Waals surface area contributed by atoms with Gasteiger partial charge in [0.25, 0.3) is 0 Å². The molecule has 2 atom stereocenters. The summed E-state index contributed by atoms with van der Waals surface area (Å²) in [5.74, 6) is 1.85. The van der Waals surface area contributed by atoms with E-state index in [0.29, 0.717) is 13.1 Å². The van der Waals surface area contributed by atoms with E-state index in [-0.39, 0.29) is 41.8 Å². The van der Waals surface area contributed by atoms with Crippen molar-refractivity contribution in [3.63, 3.8) is 0 Å². The third-order valence-corrected chi connectivity index (χ3v) is 6.03. The van der Waals surface area contributed by atoms with Crippen molar-refractivity contribution in [1.82, 2.24) is 20.1 Å². The molecule has 9 heteroatoms. The Morgan fingerprint density at radius 2 is 2.00 bits per heavy atom. The van der Waals surface area contributed by atoms with Crippen LogP contribution in [0.4, 0.5) is 5.82 Å². The van der Waals surface area contributed by atoms with Gasteiger partial charge in [0, 0.05) is 59.1 Å². The Labute approximate surface area is 197 Å². The van der Waals surface area contributed by atoms with Gasteiger partial charge in [-0.25, -0.2) is 4.98 Å². The number of hydrogen-bond donors (Lipinski definition) is 1. The first-order valence-corrected chi connectivity index (χ1v) is 10.5. The van der Waals surface area contributed by atoms with Crippen molar-refractivity contribution in [3.8, 4) is 0 Å². The van der Waals surface area contributed by atoms with Gasteiger partial charge in [-0.1, -0.05) is 19.9 Å². The minimum absolute atomic E-state index is 0. The predicted molar refractivity (Wildman–Crippen MR) is 130 cm³/mol. The number of esters is 1. The highest BCUT2D eigenvalue weighted by Gasteiger charge is 2.36. The molecule has 3 rings (SSSR count). The largest absolute Gasteiger partial charge is 0.469 e. The van der Waals surface area contributed by atoms with E-state index in [4.69, 9.17) is 4.74 Å². The minimum atomic E-state index is -0.144. The molecule has 0 spiro atoms. The zero-order valence-electron chi connectivity index (χ0n) is 18.5. The van der Waals surface area contributed by atoms with E-state index in [1.165, 1.54) is 7.11 Å². The van der Waals surface area contributed by atoms with Crippen LogP contribution in [-0.4, -0.2) is 86.7 Å². The molecular weight excluding hydrogens is 495 g/mol. The fourth-order valence-corrected chi connectivity index (χ4v) is 4.11. The zero-order chi connectivity index (χ0) is 20.8. The molecule has 2 unspecified atom stereocenters. The Morgan fingerprint density at radius 1 is 1.27 bits per heavy atom. The topological polar surface area (TPSA) is 73.3 Å². The molecule has 0 amide bonds. The van der Waals surface area contributed by atoms with Crippen LogP contribution in [0.25, 0.3) is 0 Å². The Hall–Kier alpha value is -1.62. The first-order chi connectivity index (χ1) is 14.0. The molecule has 2 fully saturated rings. The number of carbonyl (C=O) groups excluding carboxylic acids is 1. The second-order valence-corrected chi connectivity index (χ2v) is 7.86. The summed E-state index contributed by atoms with van der Waals surface area (Å²) in [5, 5.41) is 3.40. The first kappa shape index (κ1) is 24.6. The van der Waals surface area contributed by atoms with Gasteiger partial charge in [0.2, 0.25) is 0 Å². The molecule has 1 N–H and O–H groups in total. The van der Waals surface area contributed by atoms with Gasteiger partial charge in [-0.15, -0.1) is 24.0 Å². The molecule has 1 aromatic heterocycles. The number of nitrogens with one attached hydrogen (secondary N) is 1. The quantitative estimate of drug-likeness (QED) is 0.269. The highest BCUT2D eigenvalue weighted by molar-refractivity contribution is 14.0. The summed E-state index contributed by atoms with van der Waals surface area (Å²) in [5.41, 5.74) is 1.11. The number of methoxy groups -OCH3 is 1. The van der Waals surface area contributed by atoms with Crippen LogP contribution in [0.3, 0.4) is 0 Å². The molecule has 0 aliphatic carbocycles. The van der Waals surface area contributed by atoms with Crippen molar-refractivity contribution >= 4 is 41.7 Å². The maximum atomic E-state index is 11.9. The number of rotatable bonds is 5. The summed E-state index contributed by atoms with van der Waals surface area (Å²) in [6, 6.07) is 4.23. The summed E-state index contributed by atoms with van der Waals surface area (Å²) >= 11 is 0. The zero-order valence-corrected chi connectivity index (χ0v) is 20.8. The summed E-state index contributed by atoms with van der Waals surface area (Å²) in [4.78, 5) is 27.9. The number of likely N-dealkylation sites (N-methyl/N-ethyl adjacent to an activating group) is 1. The second-order valence-electron chi connectivity index (χ2n) is 7.86. The molecule has 30 heavy (non-hydrogen) atoms. The number of halogens is 1. The van der Waals surface area contributed by atoms with Crippen molar-refractivity contribution in [1.29, 1.82) is 0 Å². The van der Waals surface area contributed by atoms with Gasteiger partial charge in [0.05, 0.1) is 13.0 Å². The molecule has 2 aliphatic rings. The van der Waals surface area contributed by atoms with E-state index in [0.717, 1.165) is 56.6 Å². The number of hydrogen-bond acceptors (Lipinski definition) is 6. The van der Waals surface area contributed by atoms with E-state index in [1.807, 2.05) is 6.20 Å². The highest BCUT2D eigenvalue weighted by Crippen LogP contribution is 2.24. The summed E-state index contributed by atoms with van der Waals surface area (Å²) < 4.78 is 4.93. The van der Waals surface area contributed by atoms with Crippen LogP contribution in [0.2, 0.25) is 0 Å². The van der Waals surface area contributed by atoms with E-state index in [2.05, 4.69) is 56.0 Å². The lowest BCUT2D eigenvalue weighted by Crippen LogP contribution is -2.46. The average Bonchev–Trinajstić information content (AvgIpc) is 3.15. The molecule has 8 nitrogen and oxygen atoms in total. The summed E-state index contributed by atoms with van der Waals surface area (Å²) in [6.07, 6.45) is 1.94. The molecule has 2 aliphatic heterocycles. The Kier molecular flexibility index (Phi) is 9.60. The average molecular weight is 530 g/mol. The minimum Gasteiger partial charge on any atom is -0.469 e. The molecule has 0 aromatic carbocycles. The van der Waals surface area contributed by atoms with Crippen LogP contribution in [0.15, 0.2) is 23.3 Å². The van der Waals surface area contributed by atoms with Gasteiger partial charge in [-0.05, 0) is 24.1 Å². The smallest absolute Gasteiger partial charge is 0.310 e. The molecular formula is C21H35IN6O2. The van der Waals surface area contributed by atoms with Gasteiger partial charge in [-0.3, -0.25) is 9.79 Å². The second kappa shape index (κ2) is 11.7. The monoisotopic (exact) mass is 530 g/mol. The lowest BCUT2D eigenvalue weighted by Gasteiger charge is -2.34. The molecule has 2 saturated heterocycles. The molecule has 0 bridgehead atoms. The normalized spacial score (nSPS) is 22.6. The molecule has 0 radical (unpaired) electrons. The van der Waals surface area contributed by atoms with Crippen LogP contribution in [0, 0.1) is 11.8 Å². The number of piperazine rings is 1. The fraction of sp³-hybridized carbons (Fsp3) is 0.667. The third kappa shape index (κ3) is 5.96. The number of ether oxygens (including phenoxy) is 1. The first-order valence-electron chi connectivity index (χ1n) is 10.5. The number of guanidine groups is 1. The van der Waals surface area contributed by atoms with Crippen LogP contribution in [0.1, 0.15) is 19.4 Å². The van der Waals surface area contributed by atoms with Crippen LogP contribution in [0.5, 0.6) is 0 Å². The van der Waals surface area contributed by atoms with Crippen molar-refractivity contribution in [3.05, 3.63) is 23.9 Å². The number of aromatic nitrogens is 1. The standard InChI is InChI=1S/C21H34N6O2.HI/c1-5-25-8-10-26(11-9-25)19-7-6-17(12-23-19)13-24-21(22-3)27-14-16(2)18(15-27)20(28)29-4;/h6-7,12,16,18H,5,8-11,13-15H2,1-4H3,(H,22,24);1H. The van der Waals surface area contributed by atoms with Gasteiger partial charge in [0.1, 0.15) is 5.82 Å². The molecule has 168 valence electrons. The van der Waals surface area contributed by atoms with Gasteiger partial charge in [-0.2, -0.15) is 0 Å². The van der Waals surface area contributed by atoms with E-state index < -0.39 is 0 Å². The van der Waals surface area contributed by atoms with Crippen LogP contribution < -0.4 is 10.2 Å². The van der Waals surface area contributed by atoms with E-state index >= 15 is 0 Å². The third-order valence-electron chi connectivity index (χ3n) is 6.03. The van der Waals surface area contributed by atoms with Crippen molar-refractivity contribution in [2.45, 2.75) is 20.4 Å². The van der Waals surface area contributed by atoms with Gasteiger partial charge in [0.15, 0.2) is 5.96 Å². The van der Waals surface area contributed by atoms with Gasteiger partial charge < -0.3 is 24.8 Å². The lowest BCUT2D eigenvalue weighted by molar-refractivity contribution is -0.145. The number of nitrogens with zero attached hydrogens (tertiary/aromatic N) is 5. The Bertz CT molecular complexity index is 706. The van der Waals surface area contributed by atoms with Crippen molar-refractivity contribution in [2.24, 2.45) is 16.8 Å². The maximum Gasteiger partial charge on any atom is 0.310 e. The van der Waals surface area contributed by atoms with Gasteiger partial charge >= 0.3 is 5.97 Å². The van der Waals surface area contributed by atoms with Crippen molar-refractivity contribution < 1.29 is 9.53 Å². The molecule has 0 saturated carbocycles. The maximum absolute atomic E-state index is 11.9. The van der Waals surface area contributed by atoms with Crippen molar-refractivity contribution in [2.75, 3.05) is 64.9 Å². The van der Waals surface area contributed by atoms with Crippen LogP contribution >= 0.6 is 24.0 Å². The summed E-state index contributed by atoms with van der Waals surface area (Å²) in [7, 11) is 3.22. The number of pyridine rings is 1. The number of carbonyl (C=O) groups is 1. The number of likely N-dealkylation sites (tertiary alicyclic amines) is 1. The van der Waals surface area contributed by atoms with E-state index in [9.17, 15) is 4.79 Å². The fourth-order valence-electron chi connectivity index (χ4n) is 4.11.